The fourth-order valence-corrected chi connectivity index (χ4v) is 1.47. The number of nitrogens with zero attached hydrogens (tertiary/aromatic N) is 2. The van der Waals surface area contributed by atoms with E-state index in [1.807, 2.05) is 0 Å². The van der Waals surface area contributed by atoms with Gasteiger partial charge < -0.3 is 10.1 Å². The molecule has 1 heterocycles. The molecule has 0 fully saturated rings. The van der Waals surface area contributed by atoms with Gasteiger partial charge in [0.15, 0.2) is 6.29 Å². The Morgan fingerprint density at radius 2 is 2.25 bits per heavy atom. The van der Waals surface area contributed by atoms with Gasteiger partial charge >= 0.3 is 0 Å². The van der Waals surface area contributed by atoms with E-state index in [0.717, 1.165) is 6.42 Å². The van der Waals surface area contributed by atoms with E-state index >= 15 is 0 Å². The minimum atomic E-state index is 0.178. The van der Waals surface area contributed by atoms with Crippen LogP contribution in [0, 0.1) is 6.92 Å². The number of carbonyl (C=O) groups excluding carboxylic acids is 1. The van der Waals surface area contributed by atoms with E-state index in [1.165, 1.54) is 0 Å². The Kier molecular flexibility index (Phi) is 5.14. The molecule has 1 aromatic heterocycles. The molecule has 0 unspecified atom stereocenters. The lowest BCUT2D eigenvalue weighted by Gasteiger charge is -2.08. The zero-order valence-electron chi connectivity index (χ0n) is 9.29. The molecule has 1 N–H and O–H groups in total. The van der Waals surface area contributed by atoms with Gasteiger partial charge in [-0.1, -0.05) is 11.6 Å². The Morgan fingerprint density at radius 3 is 2.88 bits per heavy atom. The molecule has 0 atom stereocenters. The zero-order chi connectivity index (χ0) is 12.0. The van der Waals surface area contributed by atoms with Gasteiger partial charge in [0, 0.05) is 20.3 Å². The van der Waals surface area contributed by atoms with E-state index in [2.05, 4.69) is 15.3 Å². The molecular formula is C10H14ClN3O2. The van der Waals surface area contributed by atoms with Crippen LogP contribution in [-0.4, -0.2) is 36.5 Å². The van der Waals surface area contributed by atoms with Crippen molar-refractivity contribution in [1.29, 1.82) is 0 Å². The molecule has 0 radical (unpaired) electrons. The molecule has 0 saturated heterocycles. The van der Waals surface area contributed by atoms with Crippen LogP contribution in [-0.2, 0) is 4.74 Å². The Balaban J connectivity index is 2.73. The lowest BCUT2D eigenvalue weighted by atomic mass is 10.3. The van der Waals surface area contributed by atoms with E-state index in [9.17, 15) is 4.79 Å². The molecule has 6 heteroatoms. The van der Waals surface area contributed by atoms with Gasteiger partial charge in [0.05, 0.1) is 5.56 Å². The summed E-state index contributed by atoms with van der Waals surface area (Å²) in [5, 5.41) is 3.21. The van der Waals surface area contributed by atoms with Crippen LogP contribution >= 0.6 is 11.6 Å². The first-order valence-corrected chi connectivity index (χ1v) is 5.29. The number of ether oxygens (including phenoxy) is 1. The van der Waals surface area contributed by atoms with E-state index in [0.29, 0.717) is 36.6 Å². The van der Waals surface area contributed by atoms with Gasteiger partial charge in [-0.25, -0.2) is 9.97 Å². The van der Waals surface area contributed by atoms with Crippen LogP contribution in [0.5, 0.6) is 0 Å². The lowest BCUT2D eigenvalue weighted by Crippen LogP contribution is -2.10. The molecule has 88 valence electrons. The van der Waals surface area contributed by atoms with Crippen LogP contribution in [0.4, 0.5) is 5.82 Å². The molecule has 1 aromatic rings. The maximum atomic E-state index is 10.8. The maximum Gasteiger partial charge on any atom is 0.156 e. The Bertz CT molecular complexity index is 371. The number of hydrogen-bond acceptors (Lipinski definition) is 5. The first kappa shape index (κ1) is 12.9. The number of aromatic nitrogens is 2. The average Bonchev–Trinajstić information content (AvgIpc) is 2.24. The summed E-state index contributed by atoms with van der Waals surface area (Å²) >= 11 is 5.83. The van der Waals surface area contributed by atoms with Gasteiger partial charge in [0.25, 0.3) is 0 Å². The van der Waals surface area contributed by atoms with Crippen LogP contribution in [0.25, 0.3) is 0 Å². The van der Waals surface area contributed by atoms with Crippen molar-refractivity contribution < 1.29 is 9.53 Å². The average molecular weight is 244 g/mol. The van der Waals surface area contributed by atoms with Crippen molar-refractivity contribution in [3.8, 4) is 0 Å². The number of aryl methyl sites for hydroxylation is 1. The van der Waals surface area contributed by atoms with Crippen molar-refractivity contribution in [1.82, 2.24) is 9.97 Å². The minimum Gasteiger partial charge on any atom is -0.385 e. The second-order valence-corrected chi connectivity index (χ2v) is 3.57. The van der Waals surface area contributed by atoms with Gasteiger partial charge in [-0.2, -0.15) is 0 Å². The highest BCUT2D eigenvalue weighted by molar-refractivity contribution is 6.32. The van der Waals surface area contributed by atoms with Crippen molar-refractivity contribution in [3.05, 3.63) is 16.5 Å². The molecule has 5 nitrogen and oxygen atoms in total. The fraction of sp³-hybridized carbons (Fsp3) is 0.500. The number of anilines is 1. The third-order valence-corrected chi connectivity index (χ3v) is 2.23. The summed E-state index contributed by atoms with van der Waals surface area (Å²) < 4.78 is 4.92. The van der Waals surface area contributed by atoms with Crippen molar-refractivity contribution in [2.24, 2.45) is 0 Å². The lowest BCUT2D eigenvalue weighted by molar-refractivity contribution is 0.112. The Labute approximate surface area is 99.2 Å². The fourth-order valence-electron chi connectivity index (χ4n) is 1.21. The first-order valence-electron chi connectivity index (χ1n) is 4.91. The van der Waals surface area contributed by atoms with Crippen molar-refractivity contribution in [2.45, 2.75) is 13.3 Å². The summed E-state index contributed by atoms with van der Waals surface area (Å²) in [5.41, 5.74) is 0.296. The molecule has 0 saturated carbocycles. The summed E-state index contributed by atoms with van der Waals surface area (Å²) in [7, 11) is 1.64. The highest BCUT2D eigenvalue weighted by atomic mass is 35.5. The van der Waals surface area contributed by atoms with Crippen LogP contribution in [0.3, 0.4) is 0 Å². The maximum absolute atomic E-state index is 10.8. The molecule has 0 aliphatic heterocycles. The predicted molar refractivity (Wildman–Crippen MR) is 62.1 cm³/mol. The van der Waals surface area contributed by atoms with Gasteiger partial charge in [-0.15, -0.1) is 0 Å². The Hall–Kier alpha value is -1.20. The monoisotopic (exact) mass is 243 g/mol. The van der Waals surface area contributed by atoms with Gasteiger partial charge in [-0.05, 0) is 13.3 Å². The second-order valence-electron chi connectivity index (χ2n) is 3.21. The number of carbonyl (C=O) groups is 1. The van der Waals surface area contributed by atoms with Crippen LogP contribution in [0.2, 0.25) is 5.15 Å². The molecule has 0 aliphatic rings. The summed E-state index contributed by atoms with van der Waals surface area (Å²) in [6.45, 7) is 3.05. The highest BCUT2D eigenvalue weighted by Crippen LogP contribution is 2.18. The van der Waals surface area contributed by atoms with Crippen LogP contribution in [0.15, 0.2) is 0 Å². The largest absolute Gasteiger partial charge is 0.385 e. The van der Waals surface area contributed by atoms with Crippen LogP contribution < -0.4 is 5.32 Å². The molecule has 0 aromatic carbocycles. The predicted octanol–water partition coefficient (Wildman–Crippen LogP) is 1.70. The second kappa shape index (κ2) is 6.40. The smallest absolute Gasteiger partial charge is 0.156 e. The quantitative estimate of drug-likeness (QED) is 0.468. The number of halogens is 1. The number of nitrogens with one attached hydrogen (secondary N) is 1. The van der Waals surface area contributed by atoms with Gasteiger partial charge in [0.2, 0.25) is 0 Å². The standard InChI is InChI=1S/C10H14ClN3O2/c1-7-13-9(11)8(6-15)10(14-7)12-4-3-5-16-2/h6H,3-5H2,1-2H3,(H,12,13,14). The van der Waals surface area contributed by atoms with Crippen LogP contribution in [0.1, 0.15) is 22.6 Å². The van der Waals surface area contributed by atoms with Gasteiger partial charge in [0.1, 0.15) is 16.8 Å². The summed E-state index contributed by atoms with van der Waals surface area (Å²) in [4.78, 5) is 18.9. The third kappa shape index (κ3) is 3.43. The molecule has 16 heavy (non-hydrogen) atoms. The number of methoxy groups -OCH3 is 1. The Morgan fingerprint density at radius 1 is 1.50 bits per heavy atom. The van der Waals surface area contributed by atoms with Crippen molar-refractivity contribution in [3.63, 3.8) is 0 Å². The summed E-state index contributed by atoms with van der Waals surface area (Å²) in [6.07, 6.45) is 1.48. The highest BCUT2D eigenvalue weighted by Gasteiger charge is 2.10. The molecule has 0 aliphatic carbocycles. The topological polar surface area (TPSA) is 64.1 Å². The summed E-state index contributed by atoms with van der Waals surface area (Å²) in [6, 6.07) is 0. The van der Waals surface area contributed by atoms with E-state index in [4.69, 9.17) is 16.3 Å². The number of rotatable bonds is 6. The minimum absolute atomic E-state index is 0.178. The SMILES string of the molecule is COCCCNc1nc(C)nc(Cl)c1C=O. The van der Waals surface area contributed by atoms with E-state index < -0.39 is 0 Å². The molecule has 0 bridgehead atoms. The van der Waals surface area contributed by atoms with E-state index in [1.54, 1.807) is 14.0 Å². The zero-order valence-corrected chi connectivity index (χ0v) is 10.0. The normalized spacial score (nSPS) is 10.2. The molecule has 1 rings (SSSR count). The number of aldehydes is 1. The third-order valence-electron chi connectivity index (χ3n) is 1.95. The summed E-state index contributed by atoms with van der Waals surface area (Å²) in [5.74, 6) is 1.01. The molecule has 0 amide bonds. The first-order chi connectivity index (χ1) is 7.69. The van der Waals surface area contributed by atoms with Gasteiger partial charge in [-0.3, -0.25) is 4.79 Å². The van der Waals surface area contributed by atoms with Crippen molar-refractivity contribution in [2.75, 3.05) is 25.6 Å². The van der Waals surface area contributed by atoms with E-state index in [-0.39, 0.29) is 5.15 Å². The molecule has 0 spiro atoms. The molecular weight excluding hydrogens is 230 g/mol. The number of hydrogen-bond donors (Lipinski definition) is 1. The van der Waals surface area contributed by atoms with Crippen molar-refractivity contribution >= 4 is 23.7 Å².